The molecule has 0 radical (unpaired) electrons. The number of ether oxygens (including phenoxy) is 1. The molecule has 0 saturated heterocycles. The number of nitrogens with zero attached hydrogens (tertiary/aromatic N) is 3. The molecule has 2 aromatic carbocycles. The lowest BCUT2D eigenvalue weighted by molar-refractivity contribution is 0.416. The number of allylic oxidation sites excluding steroid dienone is 1. The number of benzene rings is 2. The van der Waals surface area contributed by atoms with Gasteiger partial charge in [-0.2, -0.15) is 5.26 Å². The predicted octanol–water partition coefficient (Wildman–Crippen LogP) is 2.73. The first-order valence-electron chi connectivity index (χ1n) is 8.90. The van der Waals surface area contributed by atoms with Crippen LogP contribution in [0.4, 0.5) is 4.39 Å². The van der Waals surface area contributed by atoms with Crippen LogP contribution in [0.5, 0.6) is 5.75 Å². The van der Waals surface area contributed by atoms with E-state index in [2.05, 4.69) is 15.8 Å². The quantitative estimate of drug-likeness (QED) is 0.553. The number of nitrogens with two attached hydrogens (primary N) is 1. The van der Waals surface area contributed by atoms with Gasteiger partial charge in [0.15, 0.2) is 0 Å². The molecule has 0 aliphatic rings. The van der Waals surface area contributed by atoms with Crippen molar-refractivity contribution in [3.63, 3.8) is 0 Å². The summed E-state index contributed by atoms with van der Waals surface area (Å²) in [6.45, 7) is -0.0234. The Kier molecular flexibility index (Phi) is 7.75. The Bertz CT molecular complexity index is 1280. The van der Waals surface area contributed by atoms with Gasteiger partial charge in [0.25, 0.3) is 0 Å². The van der Waals surface area contributed by atoms with Crippen molar-refractivity contribution in [2.75, 3.05) is 20.7 Å². The SMILES string of the molecule is CNS(=O)(=O)c1ccc(OC)c(-c2cc(C#N)cc3c2ncn3CC(F)=CCN)c1.Cl. The zero-order chi connectivity index (χ0) is 21.9. The van der Waals surface area contributed by atoms with Crippen molar-refractivity contribution in [3.05, 3.63) is 54.1 Å². The van der Waals surface area contributed by atoms with Crippen LogP contribution in [0.3, 0.4) is 0 Å². The molecule has 0 aliphatic heterocycles. The molecule has 0 bridgehead atoms. The number of aromatic nitrogens is 2. The second kappa shape index (κ2) is 9.89. The lowest BCUT2D eigenvalue weighted by atomic mass is 10.0. The molecule has 31 heavy (non-hydrogen) atoms. The van der Waals surface area contributed by atoms with Gasteiger partial charge in [0.05, 0.1) is 47.5 Å². The minimum atomic E-state index is -3.70. The Balaban J connectivity index is 0.00000341. The summed E-state index contributed by atoms with van der Waals surface area (Å²) < 4.78 is 47.8. The summed E-state index contributed by atoms with van der Waals surface area (Å²) in [6, 6.07) is 9.68. The van der Waals surface area contributed by atoms with Gasteiger partial charge < -0.3 is 15.0 Å². The Hall–Kier alpha value is -2.97. The second-order valence-electron chi connectivity index (χ2n) is 6.33. The molecule has 3 rings (SSSR count). The number of fused-ring (bicyclic) bond motifs is 1. The van der Waals surface area contributed by atoms with Crippen LogP contribution in [-0.2, 0) is 16.6 Å². The highest BCUT2D eigenvalue weighted by Crippen LogP contribution is 2.37. The number of nitrogens with one attached hydrogen (secondary N) is 1. The lowest BCUT2D eigenvalue weighted by Gasteiger charge is -2.13. The average Bonchev–Trinajstić information content (AvgIpc) is 3.15. The fourth-order valence-electron chi connectivity index (χ4n) is 3.10. The zero-order valence-electron chi connectivity index (χ0n) is 16.8. The van der Waals surface area contributed by atoms with E-state index in [0.717, 1.165) is 0 Å². The fourth-order valence-corrected chi connectivity index (χ4v) is 3.85. The number of hydrogen-bond donors (Lipinski definition) is 2. The summed E-state index contributed by atoms with van der Waals surface area (Å²) >= 11 is 0. The van der Waals surface area contributed by atoms with Crippen LogP contribution in [0.15, 0.2) is 53.5 Å². The van der Waals surface area contributed by atoms with Gasteiger partial charge in [-0.25, -0.2) is 22.5 Å². The van der Waals surface area contributed by atoms with Gasteiger partial charge in [-0.15, -0.1) is 12.4 Å². The molecule has 3 aromatic rings. The summed E-state index contributed by atoms with van der Waals surface area (Å²) in [5.41, 5.74) is 7.61. The second-order valence-corrected chi connectivity index (χ2v) is 8.22. The summed E-state index contributed by atoms with van der Waals surface area (Å²) in [4.78, 5) is 4.41. The van der Waals surface area contributed by atoms with Gasteiger partial charge in [-0.1, -0.05) is 0 Å². The van der Waals surface area contributed by atoms with Crippen LogP contribution in [0.25, 0.3) is 22.2 Å². The minimum Gasteiger partial charge on any atom is -0.496 e. The Morgan fingerprint density at radius 2 is 2.10 bits per heavy atom. The zero-order valence-corrected chi connectivity index (χ0v) is 18.4. The van der Waals surface area contributed by atoms with Crippen molar-refractivity contribution in [2.45, 2.75) is 11.4 Å². The van der Waals surface area contributed by atoms with Crippen LogP contribution >= 0.6 is 12.4 Å². The van der Waals surface area contributed by atoms with Crippen LogP contribution in [0, 0.1) is 11.3 Å². The first-order chi connectivity index (χ1) is 14.3. The van der Waals surface area contributed by atoms with Gasteiger partial charge in [0.2, 0.25) is 10.0 Å². The van der Waals surface area contributed by atoms with E-state index in [1.165, 1.54) is 44.8 Å². The standard InChI is InChI=1S/C20H20FN5O3S.ClH/c1-24-30(27,28)15-3-4-19(29-2)16(9-15)17-7-13(10-23)8-18-20(17)25-12-26(18)11-14(21)5-6-22;/h3-5,7-9,12,24H,6,11,22H2,1-2H3;1H. The number of halogens is 2. The van der Waals surface area contributed by atoms with E-state index in [1.54, 1.807) is 16.7 Å². The van der Waals surface area contributed by atoms with Gasteiger partial charge in [0, 0.05) is 17.7 Å². The molecular weight excluding hydrogens is 445 g/mol. The van der Waals surface area contributed by atoms with Gasteiger partial charge >= 0.3 is 0 Å². The monoisotopic (exact) mass is 465 g/mol. The minimum absolute atomic E-state index is 0. The van der Waals surface area contributed by atoms with E-state index in [-0.39, 0.29) is 30.4 Å². The van der Waals surface area contributed by atoms with Crippen molar-refractivity contribution in [1.82, 2.24) is 14.3 Å². The van der Waals surface area contributed by atoms with Crippen LogP contribution < -0.4 is 15.2 Å². The van der Waals surface area contributed by atoms with E-state index in [9.17, 15) is 18.1 Å². The summed E-state index contributed by atoms with van der Waals surface area (Å²) in [6.07, 6.45) is 2.72. The maximum atomic E-state index is 14.0. The number of imidazole rings is 1. The normalized spacial score (nSPS) is 11.8. The highest BCUT2D eigenvalue weighted by molar-refractivity contribution is 7.89. The molecule has 0 saturated carbocycles. The molecule has 0 atom stereocenters. The van der Waals surface area contributed by atoms with Crippen molar-refractivity contribution in [2.24, 2.45) is 5.73 Å². The first-order valence-corrected chi connectivity index (χ1v) is 10.4. The van der Waals surface area contributed by atoms with Crippen molar-refractivity contribution >= 4 is 33.5 Å². The van der Waals surface area contributed by atoms with Gasteiger partial charge in [-0.05, 0) is 43.5 Å². The van der Waals surface area contributed by atoms with Crippen LogP contribution in [-0.4, -0.2) is 38.7 Å². The van der Waals surface area contributed by atoms with Crippen molar-refractivity contribution < 1.29 is 17.5 Å². The molecule has 11 heteroatoms. The molecule has 0 unspecified atom stereocenters. The van der Waals surface area contributed by atoms with E-state index < -0.39 is 15.9 Å². The van der Waals surface area contributed by atoms with Crippen molar-refractivity contribution in [3.8, 4) is 22.9 Å². The smallest absolute Gasteiger partial charge is 0.240 e. The Labute approximate surface area is 185 Å². The molecule has 0 aliphatic carbocycles. The predicted molar refractivity (Wildman–Crippen MR) is 118 cm³/mol. The number of nitriles is 1. The third kappa shape index (κ3) is 4.86. The summed E-state index contributed by atoms with van der Waals surface area (Å²) in [5.74, 6) is -0.0226. The average molecular weight is 466 g/mol. The highest BCUT2D eigenvalue weighted by Gasteiger charge is 2.19. The molecule has 0 fully saturated rings. The first kappa shape index (κ1) is 24.3. The highest BCUT2D eigenvalue weighted by atomic mass is 35.5. The summed E-state index contributed by atoms with van der Waals surface area (Å²) in [7, 11) is -0.926. The van der Waals surface area contributed by atoms with E-state index >= 15 is 0 Å². The van der Waals surface area contributed by atoms with E-state index in [1.807, 2.05) is 0 Å². The summed E-state index contributed by atoms with van der Waals surface area (Å²) in [5, 5.41) is 9.49. The largest absolute Gasteiger partial charge is 0.496 e. The lowest BCUT2D eigenvalue weighted by Crippen LogP contribution is -2.18. The van der Waals surface area contributed by atoms with Gasteiger partial charge in [-0.3, -0.25) is 0 Å². The van der Waals surface area contributed by atoms with Crippen LogP contribution in [0.2, 0.25) is 0 Å². The number of sulfonamides is 1. The van der Waals surface area contributed by atoms with Crippen molar-refractivity contribution in [1.29, 1.82) is 5.26 Å². The number of rotatable bonds is 7. The fraction of sp³-hybridized carbons (Fsp3) is 0.200. The Morgan fingerprint density at radius 3 is 2.71 bits per heavy atom. The number of hydrogen-bond acceptors (Lipinski definition) is 6. The van der Waals surface area contributed by atoms with E-state index in [0.29, 0.717) is 33.5 Å². The maximum absolute atomic E-state index is 14.0. The Morgan fingerprint density at radius 1 is 1.35 bits per heavy atom. The molecule has 0 amide bonds. The maximum Gasteiger partial charge on any atom is 0.240 e. The third-order valence-corrected chi connectivity index (χ3v) is 5.97. The number of methoxy groups -OCH3 is 1. The van der Waals surface area contributed by atoms with Gasteiger partial charge in [0.1, 0.15) is 11.6 Å². The molecule has 3 N–H and O–H groups in total. The third-order valence-electron chi connectivity index (χ3n) is 4.56. The molecule has 0 spiro atoms. The molecule has 164 valence electrons. The topological polar surface area (TPSA) is 123 Å². The van der Waals surface area contributed by atoms with E-state index in [4.69, 9.17) is 10.5 Å². The van der Waals surface area contributed by atoms with Crippen LogP contribution in [0.1, 0.15) is 5.56 Å². The molecule has 1 heterocycles. The molecular formula is C20H21ClFN5O3S. The molecule has 8 nitrogen and oxygen atoms in total. The molecule has 1 aromatic heterocycles.